The van der Waals surface area contributed by atoms with E-state index in [1.54, 1.807) is 47.7 Å². The van der Waals surface area contributed by atoms with E-state index in [4.69, 9.17) is 30.6 Å². The zero-order valence-electron chi connectivity index (χ0n) is 25.7. The fraction of sp³-hybridized carbons (Fsp3) is 0.294. The third-order valence-electron chi connectivity index (χ3n) is 7.07. The minimum atomic E-state index is -0.341. The number of ether oxygens (including phenoxy) is 3. The Labute approximate surface area is 272 Å². The van der Waals surface area contributed by atoms with Gasteiger partial charge in [-0.2, -0.15) is 10.3 Å². The first-order valence-corrected chi connectivity index (χ1v) is 15.4. The highest BCUT2D eigenvalue weighted by Crippen LogP contribution is 2.38. The Morgan fingerprint density at radius 3 is 2.80 bits per heavy atom. The number of hydrogen-bond donors (Lipinski definition) is 2. The summed E-state index contributed by atoms with van der Waals surface area (Å²) in [6, 6.07) is 16.6. The van der Waals surface area contributed by atoms with Crippen LogP contribution in [0.3, 0.4) is 0 Å². The van der Waals surface area contributed by atoms with Crippen LogP contribution in [0, 0.1) is 11.3 Å². The highest BCUT2D eigenvalue weighted by atomic mass is 35.5. The summed E-state index contributed by atoms with van der Waals surface area (Å²) >= 11 is 6.57. The van der Waals surface area contributed by atoms with E-state index in [9.17, 15) is 10.1 Å². The Balaban J connectivity index is 1.43. The summed E-state index contributed by atoms with van der Waals surface area (Å²) in [4.78, 5) is 27.3. The zero-order valence-corrected chi connectivity index (χ0v) is 26.4. The van der Waals surface area contributed by atoms with E-state index in [0.717, 1.165) is 12.1 Å². The van der Waals surface area contributed by atoms with Crippen LogP contribution in [-0.4, -0.2) is 60.0 Å². The number of carbonyl (C=O) groups excluding carboxylic acids is 1. The molecule has 4 aromatic rings. The van der Waals surface area contributed by atoms with Gasteiger partial charge in [0.25, 0.3) is 0 Å². The number of fused-ring (bicyclic) bond motifs is 1. The molecule has 1 aliphatic rings. The summed E-state index contributed by atoms with van der Waals surface area (Å²) in [6.07, 6.45) is 6.95. The SMILES string of the molecule is CCON(CC)CC=CC(=O)Nc1cc2c(Nc3ccc(OCc4ccccn4)c(Cl)c3)c(C#N)cnc2cc1OC1CCOC1. The highest BCUT2D eigenvalue weighted by molar-refractivity contribution is 6.32. The van der Waals surface area contributed by atoms with E-state index >= 15 is 0 Å². The molecule has 1 fully saturated rings. The number of carbonyl (C=O) groups is 1. The first-order valence-electron chi connectivity index (χ1n) is 15.0. The quantitative estimate of drug-likeness (QED) is 0.117. The van der Waals surface area contributed by atoms with Crippen molar-refractivity contribution in [3.05, 3.63) is 89.4 Å². The van der Waals surface area contributed by atoms with Crippen LogP contribution in [0.5, 0.6) is 11.5 Å². The molecule has 2 aromatic carbocycles. The van der Waals surface area contributed by atoms with E-state index in [0.29, 0.717) is 83.0 Å². The van der Waals surface area contributed by atoms with Gasteiger partial charge in [-0.1, -0.05) is 30.7 Å². The molecule has 1 saturated heterocycles. The lowest BCUT2D eigenvalue weighted by atomic mass is 10.1. The minimum Gasteiger partial charge on any atom is -0.486 e. The number of likely N-dealkylation sites (N-methyl/N-ethyl adjacent to an activating group) is 1. The molecule has 2 N–H and O–H groups in total. The molecule has 1 atom stereocenters. The van der Waals surface area contributed by atoms with Gasteiger partial charge >= 0.3 is 0 Å². The maximum Gasteiger partial charge on any atom is 0.248 e. The Bertz CT molecular complexity index is 1720. The van der Waals surface area contributed by atoms with Crippen LogP contribution >= 0.6 is 11.6 Å². The average Bonchev–Trinajstić information content (AvgIpc) is 3.58. The van der Waals surface area contributed by atoms with Crippen molar-refractivity contribution in [1.29, 1.82) is 5.26 Å². The number of nitrogens with zero attached hydrogens (tertiary/aromatic N) is 4. The number of amides is 1. The van der Waals surface area contributed by atoms with E-state index < -0.39 is 0 Å². The lowest BCUT2D eigenvalue weighted by Crippen LogP contribution is -2.24. The maximum absolute atomic E-state index is 13.0. The Kier molecular flexibility index (Phi) is 11.4. The number of benzene rings is 2. The van der Waals surface area contributed by atoms with Crippen LogP contribution in [0.4, 0.5) is 17.1 Å². The molecule has 12 heteroatoms. The lowest BCUT2D eigenvalue weighted by molar-refractivity contribution is -0.143. The Hall–Kier alpha value is -4.73. The Morgan fingerprint density at radius 1 is 1.20 bits per heavy atom. The largest absolute Gasteiger partial charge is 0.486 e. The predicted molar refractivity (Wildman–Crippen MR) is 176 cm³/mol. The summed E-state index contributed by atoms with van der Waals surface area (Å²) in [5, 5.41) is 19.0. The molecule has 11 nitrogen and oxygen atoms in total. The van der Waals surface area contributed by atoms with Gasteiger partial charge < -0.3 is 24.8 Å². The number of halogens is 1. The fourth-order valence-corrected chi connectivity index (χ4v) is 5.04. The van der Waals surface area contributed by atoms with Gasteiger partial charge in [0.15, 0.2) is 0 Å². The van der Waals surface area contributed by atoms with Gasteiger partial charge in [-0.3, -0.25) is 19.6 Å². The second kappa shape index (κ2) is 16.0. The summed E-state index contributed by atoms with van der Waals surface area (Å²) in [6.45, 7) is 6.89. The van der Waals surface area contributed by atoms with E-state index in [1.807, 2.05) is 32.0 Å². The zero-order chi connectivity index (χ0) is 32.3. The first-order chi connectivity index (χ1) is 22.5. The van der Waals surface area contributed by atoms with E-state index in [1.165, 1.54) is 12.3 Å². The molecule has 0 saturated carbocycles. The van der Waals surface area contributed by atoms with E-state index in [2.05, 4.69) is 26.7 Å². The van der Waals surface area contributed by atoms with Gasteiger partial charge in [0.1, 0.15) is 30.3 Å². The van der Waals surface area contributed by atoms with Crippen LogP contribution in [0.1, 0.15) is 31.5 Å². The summed E-state index contributed by atoms with van der Waals surface area (Å²) in [7, 11) is 0. The number of nitrogens with one attached hydrogen (secondary N) is 2. The van der Waals surface area contributed by atoms with E-state index in [-0.39, 0.29) is 18.6 Å². The fourth-order valence-electron chi connectivity index (χ4n) is 4.80. The lowest BCUT2D eigenvalue weighted by Gasteiger charge is -2.19. The number of aromatic nitrogens is 2. The van der Waals surface area contributed by atoms with Gasteiger partial charge in [-0.05, 0) is 43.3 Å². The molecular formula is C34H35ClN6O5. The molecule has 5 rings (SSSR count). The number of hydroxylamine groups is 2. The van der Waals surface area contributed by atoms with Crippen LogP contribution in [0.15, 0.2) is 73.1 Å². The molecule has 238 valence electrons. The minimum absolute atomic E-state index is 0.163. The van der Waals surface area contributed by atoms with Crippen LogP contribution in [0.2, 0.25) is 5.02 Å². The first kappa shape index (κ1) is 32.7. The van der Waals surface area contributed by atoms with Crippen molar-refractivity contribution >= 4 is 45.5 Å². The van der Waals surface area contributed by atoms with Gasteiger partial charge in [0, 0.05) is 55.1 Å². The normalized spacial score (nSPS) is 14.5. The molecular weight excluding hydrogens is 608 g/mol. The van der Waals surface area contributed by atoms with Gasteiger partial charge in [-0.25, -0.2) is 0 Å². The van der Waals surface area contributed by atoms with Crippen molar-refractivity contribution in [3.8, 4) is 17.6 Å². The molecule has 0 radical (unpaired) electrons. The van der Waals surface area contributed by atoms with Crippen LogP contribution < -0.4 is 20.1 Å². The molecule has 46 heavy (non-hydrogen) atoms. The summed E-state index contributed by atoms with van der Waals surface area (Å²) in [5.74, 6) is 0.610. The van der Waals surface area contributed by atoms with Gasteiger partial charge in [-0.15, -0.1) is 0 Å². The number of pyridine rings is 2. The van der Waals surface area contributed by atoms with Crippen molar-refractivity contribution in [1.82, 2.24) is 15.0 Å². The smallest absolute Gasteiger partial charge is 0.248 e. The van der Waals surface area contributed by atoms with Crippen molar-refractivity contribution in [2.24, 2.45) is 0 Å². The Morgan fingerprint density at radius 2 is 2.09 bits per heavy atom. The van der Waals surface area contributed by atoms with Gasteiger partial charge in [0.2, 0.25) is 5.91 Å². The van der Waals surface area contributed by atoms with Crippen LogP contribution in [0.25, 0.3) is 10.9 Å². The van der Waals surface area contributed by atoms with Crippen LogP contribution in [-0.2, 0) is 21.0 Å². The predicted octanol–water partition coefficient (Wildman–Crippen LogP) is 6.41. The monoisotopic (exact) mass is 642 g/mol. The second-order valence-electron chi connectivity index (χ2n) is 10.3. The van der Waals surface area contributed by atoms with Crippen molar-refractivity contribution in [2.45, 2.75) is 33.0 Å². The number of rotatable bonds is 14. The van der Waals surface area contributed by atoms with Crippen molar-refractivity contribution in [2.75, 3.05) is 43.5 Å². The molecule has 1 aliphatic heterocycles. The third kappa shape index (κ3) is 8.50. The molecule has 0 spiro atoms. The van der Waals surface area contributed by atoms with Crippen molar-refractivity contribution in [3.63, 3.8) is 0 Å². The summed E-state index contributed by atoms with van der Waals surface area (Å²) in [5.41, 5.74) is 3.22. The number of anilines is 3. The molecule has 3 heterocycles. The second-order valence-corrected chi connectivity index (χ2v) is 10.7. The number of hydrogen-bond acceptors (Lipinski definition) is 10. The topological polar surface area (TPSA) is 131 Å². The molecule has 1 amide bonds. The summed E-state index contributed by atoms with van der Waals surface area (Å²) < 4.78 is 17.6. The maximum atomic E-state index is 13.0. The highest BCUT2D eigenvalue weighted by Gasteiger charge is 2.21. The van der Waals surface area contributed by atoms with Gasteiger partial charge in [0.05, 0.1) is 53.0 Å². The average molecular weight is 643 g/mol. The molecule has 0 aliphatic carbocycles. The standard InChI is InChI=1S/C34H35ClN6O5/c1-3-41(45-4-2)14-7-9-33(42)40-30-17-27-29(18-32(30)46-26-12-15-43-22-26)38-20-23(19-36)34(27)39-24-10-11-31(28(35)16-24)44-21-25-8-5-6-13-37-25/h5-11,13,16-18,20,26H,3-4,12,14-15,21-22H2,1-2H3,(H,38,39)(H,40,42). The molecule has 1 unspecified atom stereocenters. The third-order valence-corrected chi connectivity index (χ3v) is 7.37. The molecule has 0 bridgehead atoms. The van der Waals surface area contributed by atoms with Crippen molar-refractivity contribution < 1.29 is 23.8 Å². The number of nitriles is 1. The molecule has 2 aromatic heterocycles.